The summed E-state index contributed by atoms with van der Waals surface area (Å²) in [5.74, 6) is 0. The van der Waals surface area contributed by atoms with Gasteiger partial charge in [-0.2, -0.15) is 0 Å². The van der Waals surface area contributed by atoms with Gasteiger partial charge in [0.2, 0.25) is 0 Å². The van der Waals surface area contributed by atoms with Crippen LogP contribution in [0.2, 0.25) is 0 Å². The van der Waals surface area contributed by atoms with Gasteiger partial charge in [0.15, 0.2) is 0 Å². The minimum absolute atomic E-state index is 0.263. The van der Waals surface area contributed by atoms with Crippen LogP contribution in [0, 0.1) is 5.41 Å². The molecule has 1 aliphatic rings. The predicted molar refractivity (Wildman–Crippen MR) is 53.2 cm³/mol. The molecule has 0 bridgehead atoms. The summed E-state index contributed by atoms with van der Waals surface area (Å²) in [6.07, 6.45) is -0.988. The number of carbonyl (C=O) groups is 1. The number of hydrogen-bond acceptors (Lipinski definition) is 2. The molecule has 0 unspecified atom stereocenters. The summed E-state index contributed by atoms with van der Waals surface area (Å²) in [6, 6.07) is 0. The fraction of sp³-hybridized carbons (Fsp3) is 0.900. The maximum Gasteiger partial charge on any atom is 0.407 e. The maximum atomic E-state index is 11.0. The summed E-state index contributed by atoms with van der Waals surface area (Å²) in [5, 5.41) is 18.9. The van der Waals surface area contributed by atoms with Gasteiger partial charge in [0, 0.05) is 6.54 Å². The molecule has 0 radical (unpaired) electrons. The molecule has 1 rings (SSSR count). The summed E-state index contributed by atoms with van der Waals surface area (Å²) >= 11 is 0. The lowest BCUT2D eigenvalue weighted by Crippen LogP contribution is -2.58. The second-order valence-electron chi connectivity index (χ2n) is 5.14. The summed E-state index contributed by atoms with van der Waals surface area (Å²) < 4.78 is 0. The van der Waals surface area contributed by atoms with Crippen LogP contribution in [-0.2, 0) is 0 Å². The van der Waals surface area contributed by atoms with Crippen LogP contribution in [0.1, 0.15) is 34.1 Å². The summed E-state index contributed by atoms with van der Waals surface area (Å²) in [6.45, 7) is 8.11. The number of aliphatic hydroxyl groups is 1. The average Bonchev–Trinajstić information content (AvgIpc) is 2.28. The van der Waals surface area contributed by atoms with E-state index in [4.69, 9.17) is 5.11 Å². The van der Waals surface area contributed by atoms with Crippen LogP contribution in [0.4, 0.5) is 4.79 Å². The van der Waals surface area contributed by atoms with Gasteiger partial charge in [0.05, 0.1) is 11.6 Å². The van der Waals surface area contributed by atoms with E-state index in [1.54, 1.807) is 0 Å². The SMILES string of the molecule is CC(C)(C)[C@@]1(C)[C@@H](O)CCN1C(=O)O. The topological polar surface area (TPSA) is 60.8 Å². The van der Waals surface area contributed by atoms with Crippen molar-refractivity contribution >= 4 is 6.09 Å². The Labute approximate surface area is 84.5 Å². The van der Waals surface area contributed by atoms with Crippen molar-refractivity contribution in [1.82, 2.24) is 4.90 Å². The molecular weight excluding hydrogens is 182 g/mol. The van der Waals surface area contributed by atoms with Crippen molar-refractivity contribution in [1.29, 1.82) is 0 Å². The lowest BCUT2D eigenvalue weighted by Gasteiger charge is -2.46. The average molecular weight is 201 g/mol. The Morgan fingerprint density at radius 3 is 2.29 bits per heavy atom. The van der Waals surface area contributed by atoms with Gasteiger partial charge in [0.1, 0.15) is 0 Å². The highest BCUT2D eigenvalue weighted by Crippen LogP contribution is 2.43. The van der Waals surface area contributed by atoms with Crippen LogP contribution in [0.15, 0.2) is 0 Å². The van der Waals surface area contributed by atoms with Gasteiger partial charge in [-0.25, -0.2) is 4.79 Å². The van der Waals surface area contributed by atoms with E-state index in [0.29, 0.717) is 13.0 Å². The molecule has 0 saturated carbocycles. The second-order valence-corrected chi connectivity index (χ2v) is 5.14. The standard InChI is InChI=1S/C10H19NO3/c1-9(2,3)10(4)7(12)5-6-11(10)8(13)14/h7,12H,5-6H2,1-4H3,(H,13,14)/t7-,10+/m0/s1. The van der Waals surface area contributed by atoms with Crippen LogP contribution >= 0.6 is 0 Å². The third-order valence-electron chi connectivity index (χ3n) is 3.59. The van der Waals surface area contributed by atoms with Gasteiger partial charge < -0.3 is 10.2 Å². The Morgan fingerprint density at radius 1 is 1.50 bits per heavy atom. The van der Waals surface area contributed by atoms with Gasteiger partial charge in [-0.05, 0) is 18.8 Å². The fourth-order valence-electron chi connectivity index (χ4n) is 2.14. The summed E-state index contributed by atoms with van der Waals surface area (Å²) in [5.41, 5.74) is -0.944. The van der Waals surface area contributed by atoms with E-state index in [1.807, 2.05) is 27.7 Å². The Bertz CT molecular complexity index is 246. The number of hydrogen-bond donors (Lipinski definition) is 2. The zero-order chi connectivity index (χ0) is 11.1. The molecule has 1 heterocycles. The molecule has 1 fully saturated rings. The van der Waals surface area contributed by atoms with E-state index < -0.39 is 17.7 Å². The highest BCUT2D eigenvalue weighted by Gasteiger charge is 2.53. The minimum Gasteiger partial charge on any atom is -0.465 e. The molecule has 1 aliphatic heterocycles. The van der Waals surface area contributed by atoms with Crippen molar-refractivity contribution in [3.8, 4) is 0 Å². The highest BCUT2D eigenvalue weighted by atomic mass is 16.4. The largest absolute Gasteiger partial charge is 0.465 e. The Balaban J connectivity index is 3.08. The smallest absolute Gasteiger partial charge is 0.407 e. The van der Waals surface area contributed by atoms with E-state index >= 15 is 0 Å². The Hall–Kier alpha value is -0.770. The zero-order valence-electron chi connectivity index (χ0n) is 9.24. The molecule has 0 aliphatic carbocycles. The van der Waals surface area contributed by atoms with Gasteiger partial charge in [-0.3, -0.25) is 4.90 Å². The van der Waals surface area contributed by atoms with E-state index in [-0.39, 0.29) is 5.41 Å². The number of likely N-dealkylation sites (tertiary alicyclic amines) is 1. The summed E-state index contributed by atoms with van der Waals surface area (Å²) in [7, 11) is 0. The molecule has 0 aromatic rings. The lowest BCUT2D eigenvalue weighted by atomic mass is 9.72. The monoisotopic (exact) mass is 201 g/mol. The quantitative estimate of drug-likeness (QED) is 0.625. The third-order valence-corrected chi connectivity index (χ3v) is 3.59. The lowest BCUT2D eigenvalue weighted by molar-refractivity contribution is -0.0276. The Morgan fingerprint density at radius 2 is 2.00 bits per heavy atom. The molecule has 1 amide bonds. The van der Waals surface area contributed by atoms with E-state index in [0.717, 1.165) is 0 Å². The molecule has 4 nitrogen and oxygen atoms in total. The van der Waals surface area contributed by atoms with Gasteiger partial charge >= 0.3 is 6.09 Å². The number of carboxylic acid groups (broad SMARTS) is 1. The molecule has 2 N–H and O–H groups in total. The molecule has 0 aromatic heterocycles. The van der Waals surface area contributed by atoms with Crippen molar-refractivity contribution in [2.45, 2.75) is 45.8 Å². The molecule has 2 atom stereocenters. The van der Waals surface area contributed by atoms with Crippen LogP contribution in [0.3, 0.4) is 0 Å². The third kappa shape index (κ3) is 1.38. The van der Waals surface area contributed by atoms with Gasteiger partial charge in [0.25, 0.3) is 0 Å². The molecule has 4 heteroatoms. The number of amides is 1. The molecule has 14 heavy (non-hydrogen) atoms. The second kappa shape index (κ2) is 3.12. The Kier molecular flexibility index (Phi) is 2.52. The molecular formula is C10H19NO3. The first kappa shape index (κ1) is 11.3. The molecule has 0 spiro atoms. The van der Waals surface area contributed by atoms with Crippen molar-refractivity contribution in [2.75, 3.05) is 6.54 Å². The zero-order valence-corrected chi connectivity index (χ0v) is 9.24. The van der Waals surface area contributed by atoms with Crippen LogP contribution in [-0.4, -0.2) is 39.4 Å². The van der Waals surface area contributed by atoms with Crippen LogP contribution in [0.25, 0.3) is 0 Å². The van der Waals surface area contributed by atoms with E-state index in [1.165, 1.54) is 4.90 Å². The van der Waals surface area contributed by atoms with Crippen LogP contribution in [0.5, 0.6) is 0 Å². The van der Waals surface area contributed by atoms with E-state index in [9.17, 15) is 9.90 Å². The summed E-state index contributed by atoms with van der Waals surface area (Å²) in [4.78, 5) is 12.4. The minimum atomic E-state index is -0.945. The maximum absolute atomic E-state index is 11.0. The number of rotatable bonds is 0. The molecule has 0 aromatic carbocycles. The fourth-order valence-corrected chi connectivity index (χ4v) is 2.14. The molecule has 82 valence electrons. The van der Waals surface area contributed by atoms with Gasteiger partial charge in [-0.1, -0.05) is 20.8 Å². The number of aliphatic hydroxyl groups excluding tert-OH is 1. The normalized spacial score (nSPS) is 33.5. The van der Waals surface area contributed by atoms with Gasteiger partial charge in [-0.15, -0.1) is 0 Å². The predicted octanol–water partition coefficient (Wildman–Crippen LogP) is 1.54. The van der Waals surface area contributed by atoms with Crippen molar-refractivity contribution in [2.24, 2.45) is 5.41 Å². The number of nitrogens with zero attached hydrogens (tertiary/aromatic N) is 1. The van der Waals surface area contributed by atoms with Crippen molar-refractivity contribution < 1.29 is 15.0 Å². The highest BCUT2D eigenvalue weighted by molar-refractivity contribution is 5.67. The van der Waals surface area contributed by atoms with E-state index in [2.05, 4.69) is 0 Å². The first-order valence-corrected chi connectivity index (χ1v) is 4.90. The molecule has 1 saturated heterocycles. The van der Waals surface area contributed by atoms with Crippen molar-refractivity contribution in [3.63, 3.8) is 0 Å². The first-order chi connectivity index (χ1) is 6.21. The van der Waals surface area contributed by atoms with Crippen LogP contribution < -0.4 is 0 Å². The first-order valence-electron chi connectivity index (χ1n) is 4.90. The van der Waals surface area contributed by atoms with Crippen molar-refractivity contribution in [3.05, 3.63) is 0 Å².